The second kappa shape index (κ2) is 8.48. The molecule has 0 fully saturated rings. The highest BCUT2D eigenvalue weighted by molar-refractivity contribution is 5.91. The van der Waals surface area contributed by atoms with Crippen LogP contribution >= 0.6 is 0 Å². The number of rotatable bonds is 6. The first-order chi connectivity index (χ1) is 13.6. The molecular formula is C23H22O5. The Kier molecular flexibility index (Phi) is 5.84. The maximum Gasteiger partial charge on any atom is 0.307 e. The molecule has 144 valence electrons. The van der Waals surface area contributed by atoms with Crippen LogP contribution in [0.2, 0.25) is 0 Å². The number of methoxy groups -OCH3 is 3. The summed E-state index contributed by atoms with van der Waals surface area (Å²) in [7, 11) is 4.68. The molecule has 0 aromatic heterocycles. The largest absolute Gasteiger partial charge is 0.493 e. The van der Waals surface area contributed by atoms with Gasteiger partial charge in [0.2, 0.25) is 5.75 Å². The number of ether oxygens (including phenoxy) is 4. The van der Waals surface area contributed by atoms with Crippen molar-refractivity contribution in [2.45, 2.75) is 6.92 Å². The molecule has 3 rings (SSSR count). The molecule has 0 aliphatic rings. The van der Waals surface area contributed by atoms with Gasteiger partial charge in [0.05, 0.1) is 21.3 Å². The number of hydrogen-bond donors (Lipinski definition) is 0. The van der Waals surface area contributed by atoms with Gasteiger partial charge in [-0.2, -0.15) is 0 Å². The van der Waals surface area contributed by atoms with Crippen molar-refractivity contribution in [3.63, 3.8) is 0 Å². The molecule has 0 spiro atoms. The monoisotopic (exact) mass is 378 g/mol. The van der Waals surface area contributed by atoms with E-state index < -0.39 is 5.97 Å². The Hall–Kier alpha value is -3.47. The van der Waals surface area contributed by atoms with Crippen molar-refractivity contribution >= 4 is 22.3 Å². The quantitative estimate of drug-likeness (QED) is 0.455. The van der Waals surface area contributed by atoms with Crippen LogP contribution in [0.1, 0.15) is 18.1 Å². The van der Waals surface area contributed by atoms with E-state index in [2.05, 4.69) is 0 Å². The molecular weight excluding hydrogens is 356 g/mol. The fourth-order valence-corrected chi connectivity index (χ4v) is 3.10. The molecule has 0 saturated heterocycles. The second-order valence-electron chi connectivity index (χ2n) is 6.08. The van der Waals surface area contributed by atoms with Crippen LogP contribution in [-0.2, 0) is 9.53 Å². The molecule has 3 aromatic rings. The minimum absolute atomic E-state index is 0.405. The third kappa shape index (κ3) is 3.78. The summed E-state index contributed by atoms with van der Waals surface area (Å²) in [6.45, 7) is 1.36. The average molecular weight is 378 g/mol. The lowest BCUT2D eigenvalue weighted by Crippen LogP contribution is -2.01. The summed E-state index contributed by atoms with van der Waals surface area (Å²) in [5.41, 5.74) is 2.29. The summed E-state index contributed by atoms with van der Waals surface area (Å²) in [5.74, 6) is 1.11. The van der Waals surface area contributed by atoms with Crippen LogP contribution in [0, 0.1) is 0 Å². The van der Waals surface area contributed by atoms with E-state index in [1.54, 1.807) is 27.4 Å². The topological polar surface area (TPSA) is 54.0 Å². The number of carbonyl (C=O) groups excluding carboxylic acids is 1. The molecule has 0 unspecified atom stereocenters. The summed E-state index contributed by atoms with van der Waals surface area (Å²) >= 11 is 0. The number of esters is 1. The first-order valence-corrected chi connectivity index (χ1v) is 8.75. The molecule has 0 aliphatic carbocycles. The van der Waals surface area contributed by atoms with Gasteiger partial charge in [0.15, 0.2) is 11.5 Å². The van der Waals surface area contributed by atoms with Crippen molar-refractivity contribution in [3.8, 4) is 17.2 Å². The van der Waals surface area contributed by atoms with Crippen LogP contribution in [0.4, 0.5) is 0 Å². The molecule has 28 heavy (non-hydrogen) atoms. The van der Waals surface area contributed by atoms with E-state index in [9.17, 15) is 4.79 Å². The van der Waals surface area contributed by atoms with Gasteiger partial charge in [0, 0.05) is 18.1 Å². The lowest BCUT2D eigenvalue weighted by atomic mass is 9.95. The average Bonchev–Trinajstić information content (AvgIpc) is 2.72. The van der Waals surface area contributed by atoms with Crippen molar-refractivity contribution in [2.75, 3.05) is 21.3 Å². The van der Waals surface area contributed by atoms with Crippen LogP contribution < -0.4 is 14.2 Å². The Morgan fingerprint density at radius 1 is 0.821 bits per heavy atom. The fourth-order valence-electron chi connectivity index (χ4n) is 3.10. The Bertz CT molecular complexity index is 1040. The third-order valence-electron chi connectivity index (χ3n) is 4.40. The van der Waals surface area contributed by atoms with Crippen LogP contribution in [0.15, 0.2) is 60.9 Å². The van der Waals surface area contributed by atoms with Crippen molar-refractivity contribution < 1.29 is 23.7 Å². The molecule has 0 aliphatic heterocycles. The molecule has 0 saturated carbocycles. The van der Waals surface area contributed by atoms with Crippen LogP contribution in [0.5, 0.6) is 17.2 Å². The Balaban J connectivity index is 2.23. The highest BCUT2D eigenvalue weighted by atomic mass is 16.5. The lowest BCUT2D eigenvalue weighted by Gasteiger charge is -2.18. The molecule has 0 amide bonds. The van der Waals surface area contributed by atoms with E-state index in [-0.39, 0.29) is 0 Å². The zero-order chi connectivity index (χ0) is 20.1. The summed E-state index contributed by atoms with van der Waals surface area (Å²) in [6, 6.07) is 17.8. The molecule has 5 heteroatoms. The minimum atomic E-state index is -0.405. The number of fused-ring (bicyclic) bond motifs is 1. The standard InChI is InChI=1S/C23H22O5/c1-15(24)28-14-20(18-10-9-16-7-5-6-8-17(16)13-18)19-11-12-21(25-2)23(27-4)22(19)26-3/h5-14H,1-4H3/b20-14-. The molecule has 0 N–H and O–H groups in total. The molecule has 0 bridgehead atoms. The van der Waals surface area contributed by atoms with E-state index in [1.807, 2.05) is 48.5 Å². The zero-order valence-electron chi connectivity index (χ0n) is 16.3. The van der Waals surface area contributed by atoms with Crippen LogP contribution in [0.3, 0.4) is 0 Å². The fraction of sp³-hybridized carbons (Fsp3) is 0.174. The van der Waals surface area contributed by atoms with Gasteiger partial charge in [-0.3, -0.25) is 4.79 Å². The van der Waals surface area contributed by atoms with E-state index in [0.717, 1.165) is 21.9 Å². The van der Waals surface area contributed by atoms with Crippen molar-refractivity contribution in [2.24, 2.45) is 0 Å². The number of hydrogen-bond acceptors (Lipinski definition) is 5. The van der Waals surface area contributed by atoms with Crippen LogP contribution in [-0.4, -0.2) is 27.3 Å². The maximum absolute atomic E-state index is 11.5. The van der Waals surface area contributed by atoms with E-state index in [1.165, 1.54) is 13.2 Å². The molecule has 0 atom stereocenters. The van der Waals surface area contributed by atoms with E-state index in [4.69, 9.17) is 18.9 Å². The predicted octanol–water partition coefficient (Wildman–Crippen LogP) is 4.82. The van der Waals surface area contributed by atoms with Gasteiger partial charge in [-0.25, -0.2) is 0 Å². The number of carbonyl (C=O) groups is 1. The van der Waals surface area contributed by atoms with Gasteiger partial charge in [0.1, 0.15) is 6.26 Å². The number of benzene rings is 3. The molecule has 0 radical (unpaired) electrons. The predicted molar refractivity (Wildman–Crippen MR) is 109 cm³/mol. The van der Waals surface area contributed by atoms with Gasteiger partial charge in [-0.1, -0.05) is 36.4 Å². The Morgan fingerprint density at radius 3 is 2.18 bits per heavy atom. The minimum Gasteiger partial charge on any atom is -0.493 e. The highest BCUT2D eigenvalue weighted by Crippen LogP contribution is 2.44. The Morgan fingerprint density at radius 2 is 1.54 bits per heavy atom. The first-order valence-electron chi connectivity index (χ1n) is 8.75. The molecule has 5 nitrogen and oxygen atoms in total. The van der Waals surface area contributed by atoms with Crippen LogP contribution in [0.25, 0.3) is 16.3 Å². The lowest BCUT2D eigenvalue weighted by molar-refractivity contribution is -0.135. The summed E-state index contributed by atoms with van der Waals surface area (Å²) < 4.78 is 21.7. The van der Waals surface area contributed by atoms with Crippen molar-refractivity contribution in [3.05, 3.63) is 72.0 Å². The van der Waals surface area contributed by atoms with Gasteiger partial charge in [-0.15, -0.1) is 0 Å². The second-order valence-corrected chi connectivity index (χ2v) is 6.08. The highest BCUT2D eigenvalue weighted by Gasteiger charge is 2.20. The zero-order valence-corrected chi connectivity index (χ0v) is 16.3. The molecule has 3 aromatic carbocycles. The van der Waals surface area contributed by atoms with Gasteiger partial charge in [0.25, 0.3) is 0 Å². The van der Waals surface area contributed by atoms with Crippen molar-refractivity contribution in [1.82, 2.24) is 0 Å². The third-order valence-corrected chi connectivity index (χ3v) is 4.40. The van der Waals surface area contributed by atoms with E-state index in [0.29, 0.717) is 22.8 Å². The maximum atomic E-state index is 11.5. The SMILES string of the molecule is COc1ccc(/C(=C\OC(C)=O)c2ccc3ccccc3c2)c(OC)c1OC. The normalized spacial score (nSPS) is 11.2. The summed E-state index contributed by atoms with van der Waals surface area (Å²) in [6.07, 6.45) is 1.44. The smallest absolute Gasteiger partial charge is 0.307 e. The van der Waals surface area contributed by atoms with Crippen molar-refractivity contribution in [1.29, 1.82) is 0 Å². The Labute approximate surface area is 164 Å². The van der Waals surface area contributed by atoms with Gasteiger partial charge >= 0.3 is 5.97 Å². The van der Waals surface area contributed by atoms with E-state index >= 15 is 0 Å². The summed E-state index contributed by atoms with van der Waals surface area (Å²) in [4.78, 5) is 11.5. The first kappa shape index (κ1) is 19.3. The summed E-state index contributed by atoms with van der Waals surface area (Å²) in [5, 5.41) is 2.20. The molecule has 0 heterocycles. The van der Waals surface area contributed by atoms with Gasteiger partial charge < -0.3 is 18.9 Å². The van der Waals surface area contributed by atoms with Gasteiger partial charge in [-0.05, 0) is 34.5 Å².